The van der Waals surface area contributed by atoms with Gasteiger partial charge in [0.1, 0.15) is 5.82 Å². The predicted octanol–water partition coefficient (Wildman–Crippen LogP) is 2.61. The lowest BCUT2D eigenvalue weighted by molar-refractivity contribution is 0.295. The molecule has 0 aliphatic carbocycles. The maximum absolute atomic E-state index is 4.45. The summed E-state index contributed by atoms with van der Waals surface area (Å²) in [5.74, 6) is 1.03. The largest absolute Gasteiger partial charge is 0.311 e. The van der Waals surface area contributed by atoms with Crippen molar-refractivity contribution in [2.24, 2.45) is 0 Å². The second-order valence-corrected chi connectivity index (χ2v) is 5.75. The van der Waals surface area contributed by atoms with Crippen LogP contribution in [0.1, 0.15) is 24.9 Å². The van der Waals surface area contributed by atoms with E-state index in [2.05, 4.69) is 65.1 Å². The lowest BCUT2D eigenvalue weighted by Crippen LogP contribution is -2.29. The van der Waals surface area contributed by atoms with Crippen LogP contribution in [0, 0.1) is 6.92 Å². The van der Waals surface area contributed by atoms with E-state index in [0.717, 1.165) is 25.3 Å². The monoisotopic (exact) mass is 286 g/mol. The second kappa shape index (κ2) is 7.38. The van der Waals surface area contributed by atoms with E-state index in [4.69, 9.17) is 0 Å². The normalized spacial score (nSPS) is 12.8. The average Bonchev–Trinajstić information content (AvgIpc) is 2.85. The summed E-state index contributed by atoms with van der Waals surface area (Å²) in [6.07, 6.45) is 3.11. The van der Waals surface area contributed by atoms with Crippen LogP contribution in [0.15, 0.2) is 36.5 Å². The second-order valence-electron chi connectivity index (χ2n) is 5.75. The van der Waals surface area contributed by atoms with Gasteiger partial charge in [-0.3, -0.25) is 4.57 Å². The molecule has 0 amide bonds. The number of para-hydroxylation sites is 1. The molecule has 4 heteroatoms. The summed E-state index contributed by atoms with van der Waals surface area (Å²) in [7, 11) is 4.25. The van der Waals surface area contributed by atoms with E-state index in [9.17, 15) is 0 Å². The predicted molar refractivity (Wildman–Crippen MR) is 87.8 cm³/mol. The zero-order valence-electron chi connectivity index (χ0n) is 13.5. The van der Waals surface area contributed by atoms with Gasteiger partial charge in [0.2, 0.25) is 0 Å². The molecule has 1 aromatic heterocycles. The summed E-state index contributed by atoms with van der Waals surface area (Å²) in [5.41, 5.74) is 2.38. The van der Waals surface area contributed by atoms with Crippen LogP contribution >= 0.6 is 0 Å². The molecule has 0 aliphatic rings. The summed E-state index contributed by atoms with van der Waals surface area (Å²) in [6, 6.07) is 11.0. The smallest absolute Gasteiger partial charge is 0.110 e. The maximum atomic E-state index is 4.45. The molecule has 1 N–H and O–H groups in total. The van der Waals surface area contributed by atoms with Crippen LogP contribution in [0.25, 0.3) is 5.69 Å². The fraction of sp³-hybridized carbons (Fsp3) is 0.471. The molecule has 114 valence electrons. The SMILES string of the molecule is Cc1ncc(CNCCC(C)N(C)C)n1-c1ccccc1. The molecule has 1 atom stereocenters. The van der Waals surface area contributed by atoms with Crippen LogP contribution in [0.3, 0.4) is 0 Å². The van der Waals surface area contributed by atoms with Crippen molar-refractivity contribution in [3.05, 3.63) is 48.0 Å². The van der Waals surface area contributed by atoms with Crippen LogP contribution < -0.4 is 5.32 Å². The van der Waals surface area contributed by atoms with Crippen molar-refractivity contribution >= 4 is 0 Å². The third kappa shape index (κ3) is 4.16. The summed E-state index contributed by atoms with van der Waals surface area (Å²) in [4.78, 5) is 6.70. The number of imidazole rings is 1. The molecule has 0 saturated heterocycles. The molecule has 4 nitrogen and oxygen atoms in total. The van der Waals surface area contributed by atoms with E-state index >= 15 is 0 Å². The fourth-order valence-corrected chi connectivity index (χ4v) is 2.33. The Morgan fingerprint density at radius 2 is 1.95 bits per heavy atom. The summed E-state index contributed by atoms with van der Waals surface area (Å²) in [5, 5.41) is 3.52. The molecule has 1 aromatic carbocycles. The molecule has 1 heterocycles. The van der Waals surface area contributed by atoms with E-state index in [-0.39, 0.29) is 0 Å². The third-order valence-electron chi connectivity index (χ3n) is 3.95. The Labute approximate surface area is 127 Å². The van der Waals surface area contributed by atoms with Crippen LogP contribution in [0.5, 0.6) is 0 Å². The Morgan fingerprint density at radius 3 is 2.62 bits per heavy atom. The quantitative estimate of drug-likeness (QED) is 0.794. The highest BCUT2D eigenvalue weighted by Crippen LogP contribution is 2.14. The van der Waals surface area contributed by atoms with Crippen molar-refractivity contribution in [1.29, 1.82) is 0 Å². The third-order valence-corrected chi connectivity index (χ3v) is 3.95. The number of hydrogen-bond donors (Lipinski definition) is 1. The first-order valence-corrected chi connectivity index (χ1v) is 7.55. The van der Waals surface area contributed by atoms with E-state index in [1.165, 1.54) is 11.4 Å². The van der Waals surface area contributed by atoms with Gasteiger partial charge in [-0.05, 0) is 53.0 Å². The molecule has 0 bridgehead atoms. The Balaban J connectivity index is 1.96. The zero-order chi connectivity index (χ0) is 15.2. The minimum absolute atomic E-state index is 0.596. The number of nitrogens with zero attached hydrogens (tertiary/aromatic N) is 3. The first-order valence-electron chi connectivity index (χ1n) is 7.55. The van der Waals surface area contributed by atoms with Crippen molar-refractivity contribution < 1.29 is 0 Å². The highest BCUT2D eigenvalue weighted by atomic mass is 15.1. The lowest BCUT2D eigenvalue weighted by atomic mass is 10.2. The number of aryl methyl sites for hydroxylation is 1. The summed E-state index contributed by atoms with van der Waals surface area (Å²) in [6.45, 7) is 6.15. The van der Waals surface area contributed by atoms with Gasteiger partial charge in [-0.25, -0.2) is 4.98 Å². The van der Waals surface area contributed by atoms with Crippen LogP contribution in [0.4, 0.5) is 0 Å². The van der Waals surface area contributed by atoms with E-state index < -0.39 is 0 Å². The molecule has 21 heavy (non-hydrogen) atoms. The average molecular weight is 286 g/mol. The number of rotatable bonds is 7. The molecular formula is C17H26N4. The standard InChI is InChI=1S/C17H26N4/c1-14(20(3)4)10-11-18-12-17-13-19-15(2)21(17)16-8-6-5-7-9-16/h5-9,13-14,18H,10-12H2,1-4H3. The Morgan fingerprint density at radius 1 is 1.24 bits per heavy atom. The molecule has 0 aliphatic heterocycles. The zero-order valence-corrected chi connectivity index (χ0v) is 13.5. The van der Waals surface area contributed by atoms with Crippen molar-refractivity contribution in [2.75, 3.05) is 20.6 Å². The molecular weight excluding hydrogens is 260 g/mol. The van der Waals surface area contributed by atoms with Crippen molar-refractivity contribution in [1.82, 2.24) is 19.8 Å². The van der Waals surface area contributed by atoms with Gasteiger partial charge in [0.05, 0.1) is 11.9 Å². The lowest BCUT2D eigenvalue weighted by Gasteiger charge is -2.19. The number of nitrogens with one attached hydrogen (secondary N) is 1. The van der Waals surface area contributed by atoms with Gasteiger partial charge in [0.15, 0.2) is 0 Å². The molecule has 0 saturated carbocycles. The van der Waals surface area contributed by atoms with Gasteiger partial charge in [0, 0.05) is 18.3 Å². The first-order chi connectivity index (χ1) is 10.1. The van der Waals surface area contributed by atoms with Gasteiger partial charge in [-0.2, -0.15) is 0 Å². The van der Waals surface area contributed by atoms with Crippen molar-refractivity contribution in [3.8, 4) is 5.69 Å². The Kier molecular flexibility index (Phi) is 5.53. The molecule has 2 rings (SSSR count). The Hall–Kier alpha value is -1.65. The van der Waals surface area contributed by atoms with Crippen molar-refractivity contribution in [3.63, 3.8) is 0 Å². The minimum Gasteiger partial charge on any atom is -0.311 e. The summed E-state index contributed by atoms with van der Waals surface area (Å²) < 4.78 is 2.21. The highest BCUT2D eigenvalue weighted by molar-refractivity contribution is 5.35. The van der Waals surface area contributed by atoms with Gasteiger partial charge in [0.25, 0.3) is 0 Å². The molecule has 0 fully saturated rings. The highest BCUT2D eigenvalue weighted by Gasteiger charge is 2.08. The summed E-state index contributed by atoms with van der Waals surface area (Å²) >= 11 is 0. The topological polar surface area (TPSA) is 33.1 Å². The number of aromatic nitrogens is 2. The molecule has 1 unspecified atom stereocenters. The maximum Gasteiger partial charge on any atom is 0.110 e. The van der Waals surface area contributed by atoms with E-state index in [0.29, 0.717) is 6.04 Å². The minimum atomic E-state index is 0.596. The Bertz CT molecular complexity index is 545. The van der Waals surface area contributed by atoms with Crippen LogP contribution in [0.2, 0.25) is 0 Å². The van der Waals surface area contributed by atoms with Gasteiger partial charge < -0.3 is 10.2 Å². The van der Waals surface area contributed by atoms with E-state index in [1.54, 1.807) is 0 Å². The van der Waals surface area contributed by atoms with Crippen LogP contribution in [-0.4, -0.2) is 41.1 Å². The van der Waals surface area contributed by atoms with Gasteiger partial charge >= 0.3 is 0 Å². The molecule has 0 radical (unpaired) electrons. The van der Waals surface area contributed by atoms with Crippen LogP contribution in [-0.2, 0) is 6.54 Å². The number of benzene rings is 1. The van der Waals surface area contributed by atoms with E-state index in [1.807, 2.05) is 19.2 Å². The number of hydrogen-bond acceptors (Lipinski definition) is 3. The first kappa shape index (κ1) is 15.7. The fourth-order valence-electron chi connectivity index (χ4n) is 2.33. The van der Waals surface area contributed by atoms with Gasteiger partial charge in [-0.1, -0.05) is 18.2 Å². The van der Waals surface area contributed by atoms with Gasteiger partial charge in [-0.15, -0.1) is 0 Å². The molecule has 0 spiro atoms. The molecule has 2 aromatic rings. The van der Waals surface area contributed by atoms with Crippen molar-refractivity contribution in [2.45, 2.75) is 32.9 Å².